The number of sulfonamides is 1. The predicted octanol–water partition coefficient (Wildman–Crippen LogP) is 4.36. The summed E-state index contributed by atoms with van der Waals surface area (Å²) in [6, 6.07) is 11.2. The number of nitrogens with zero attached hydrogens (tertiary/aromatic N) is 3. The van der Waals surface area contributed by atoms with Crippen molar-refractivity contribution in [2.75, 3.05) is 23.0 Å². The molecule has 1 atom stereocenters. The zero-order chi connectivity index (χ0) is 23.5. The van der Waals surface area contributed by atoms with Crippen molar-refractivity contribution in [3.63, 3.8) is 0 Å². The summed E-state index contributed by atoms with van der Waals surface area (Å²) in [5, 5.41) is 12.1. The zero-order valence-corrected chi connectivity index (χ0v) is 20.4. The number of carbonyl (C=O) groups is 1. The summed E-state index contributed by atoms with van der Waals surface area (Å²) in [5.74, 6) is 0.210. The molecule has 0 saturated carbocycles. The third-order valence-electron chi connectivity index (χ3n) is 4.73. The Morgan fingerprint density at radius 2 is 1.91 bits per heavy atom. The van der Waals surface area contributed by atoms with Crippen LogP contribution >= 0.6 is 22.9 Å². The van der Waals surface area contributed by atoms with Gasteiger partial charge in [0, 0.05) is 10.6 Å². The van der Waals surface area contributed by atoms with Gasteiger partial charge in [-0.1, -0.05) is 35.9 Å². The summed E-state index contributed by atoms with van der Waals surface area (Å²) in [6.45, 7) is 3.55. The van der Waals surface area contributed by atoms with E-state index in [0.29, 0.717) is 15.7 Å². The third-order valence-corrected chi connectivity index (χ3v) is 7.21. The Morgan fingerprint density at radius 3 is 2.47 bits per heavy atom. The SMILES string of the molecule is CC[C@H](C(=O)Nc1nnc(-c2ccc(OC)cc2)s1)N(c1ccc(C)c(Cl)c1)S(C)(=O)=O. The van der Waals surface area contributed by atoms with Crippen molar-refractivity contribution in [3.8, 4) is 16.3 Å². The first-order valence-electron chi connectivity index (χ1n) is 9.68. The van der Waals surface area contributed by atoms with Crippen LogP contribution in [0, 0.1) is 6.92 Å². The van der Waals surface area contributed by atoms with E-state index in [1.165, 1.54) is 11.3 Å². The highest BCUT2D eigenvalue weighted by atomic mass is 35.5. The van der Waals surface area contributed by atoms with Crippen LogP contribution < -0.4 is 14.4 Å². The highest BCUT2D eigenvalue weighted by molar-refractivity contribution is 7.92. The van der Waals surface area contributed by atoms with Gasteiger partial charge in [0.15, 0.2) is 0 Å². The van der Waals surface area contributed by atoms with Gasteiger partial charge >= 0.3 is 0 Å². The first-order valence-corrected chi connectivity index (χ1v) is 12.7. The van der Waals surface area contributed by atoms with Gasteiger partial charge in [0.2, 0.25) is 21.1 Å². The average molecular weight is 495 g/mol. The molecule has 0 aliphatic carbocycles. The number of hydrogen-bond acceptors (Lipinski definition) is 7. The predicted molar refractivity (Wildman–Crippen MR) is 128 cm³/mol. The minimum Gasteiger partial charge on any atom is -0.497 e. The zero-order valence-electron chi connectivity index (χ0n) is 18.0. The number of ether oxygens (including phenoxy) is 1. The second kappa shape index (κ2) is 9.85. The summed E-state index contributed by atoms with van der Waals surface area (Å²) in [7, 11) is -2.19. The monoisotopic (exact) mass is 494 g/mol. The highest BCUT2D eigenvalue weighted by Gasteiger charge is 2.32. The van der Waals surface area contributed by atoms with E-state index in [-0.39, 0.29) is 11.6 Å². The van der Waals surface area contributed by atoms with E-state index >= 15 is 0 Å². The molecule has 0 saturated heterocycles. The first kappa shape index (κ1) is 24.0. The van der Waals surface area contributed by atoms with E-state index in [0.717, 1.165) is 27.4 Å². The molecule has 0 spiro atoms. The lowest BCUT2D eigenvalue weighted by Crippen LogP contribution is -2.47. The molecule has 1 aromatic heterocycles. The van der Waals surface area contributed by atoms with Crippen LogP contribution in [-0.4, -0.2) is 43.9 Å². The number of methoxy groups -OCH3 is 1. The number of nitrogens with one attached hydrogen (secondary N) is 1. The summed E-state index contributed by atoms with van der Waals surface area (Å²) in [5.41, 5.74) is 1.95. The maximum atomic E-state index is 13.1. The molecular formula is C21H23ClN4O4S2. The minimum atomic E-state index is -3.77. The van der Waals surface area contributed by atoms with E-state index in [9.17, 15) is 13.2 Å². The van der Waals surface area contributed by atoms with Gasteiger partial charge in [0.25, 0.3) is 0 Å². The van der Waals surface area contributed by atoms with Crippen LogP contribution in [0.5, 0.6) is 5.75 Å². The fourth-order valence-electron chi connectivity index (χ4n) is 3.09. The lowest BCUT2D eigenvalue weighted by molar-refractivity contribution is -0.117. The normalized spacial score (nSPS) is 12.3. The maximum absolute atomic E-state index is 13.1. The largest absolute Gasteiger partial charge is 0.497 e. The number of amides is 1. The molecule has 8 nitrogen and oxygen atoms in total. The van der Waals surface area contributed by atoms with Crippen LogP contribution in [0.25, 0.3) is 10.6 Å². The van der Waals surface area contributed by atoms with Crippen LogP contribution in [0.2, 0.25) is 5.02 Å². The topological polar surface area (TPSA) is 101 Å². The van der Waals surface area contributed by atoms with Crippen LogP contribution in [0.15, 0.2) is 42.5 Å². The first-order chi connectivity index (χ1) is 15.1. The van der Waals surface area contributed by atoms with Gasteiger partial charge in [-0.2, -0.15) is 0 Å². The molecule has 0 aliphatic rings. The highest BCUT2D eigenvalue weighted by Crippen LogP contribution is 2.30. The van der Waals surface area contributed by atoms with E-state index < -0.39 is 22.0 Å². The molecule has 3 aromatic rings. The van der Waals surface area contributed by atoms with Crippen LogP contribution in [-0.2, 0) is 14.8 Å². The summed E-state index contributed by atoms with van der Waals surface area (Å²) in [4.78, 5) is 13.1. The molecule has 32 heavy (non-hydrogen) atoms. The summed E-state index contributed by atoms with van der Waals surface area (Å²) in [6.07, 6.45) is 1.30. The van der Waals surface area contributed by atoms with E-state index in [1.54, 1.807) is 44.4 Å². The van der Waals surface area contributed by atoms with Crippen molar-refractivity contribution in [1.29, 1.82) is 0 Å². The number of aromatic nitrogens is 2. The standard InChI is InChI=1S/C21H23ClN4O4S2/c1-5-18(26(32(4,28)29)15-9-6-13(2)17(22)12-15)19(27)23-21-25-24-20(31-21)14-7-10-16(30-3)11-8-14/h6-12,18H,5H2,1-4H3,(H,23,25,27)/t18-/m1/s1. The van der Waals surface area contributed by atoms with Crippen molar-refractivity contribution < 1.29 is 17.9 Å². The molecule has 3 rings (SSSR count). The van der Waals surface area contributed by atoms with Gasteiger partial charge in [-0.3, -0.25) is 14.4 Å². The second-order valence-electron chi connectivity index (χ2n) is 7.05. The van der Waals surface area contributed by atoms with Gasteiger partial charge in [0.1, 0.15) is 16.8 Å². The van der Waals surface area contributed by atoms with Gasteiger partial charge in [-0.25, -0.2) is 8.42 Å². The summed E-state index contributed by atoms with van der Waals surface area (Å²) < 4.78 is 31.4. The van der Waals surface area contributed by atoms with Gasteiger partial charge in [-0.15, -0.1) is 10.2 Å². The second-order valence-corrected chi connectivity index (χ2v) is 10.3. The van der Waals surface area contributed by atoms with Crippen molar-refractivity contribution in [2.45, 2.75) is 26.3 Å². The van der Waals surface area contributed by atoms with Crippen molar-refractivity contribution in [1.82, 2.24) is 10.2 Å². The molecule has 1 heterocycles. The van der Waals surface area contributed by atoms with Gasteiger partial charge in [-0.05, 0) is 55.3 Å². The fraction of sp³-hybridized carbons (Fsp3) is 0.286. The minimum absolute atomic E-state index is 0.245. The Bertz CT molecular complexity index is 1210. The molecule has 11 heteroatoms. The number of rotatable bonds is 8. The van der Waals surface area contributed by atoms with E-state index in [2.05, 4.69) is 15.5 Å². The van der Waals surface area contributed by atoms with Crippen molar-refractivity contribution >= 4 is 49.7 Å². The molecule has 1 N–H and O–H groups in total. The van der Waals surface area contributed by atoms with Gasteiger partial charge < -0.3 is 4.74 Å². The van der Waals surface area contributed by atoms with Crippen LogP contribution in [0.1, 0.15) is 18.9 Å². The Hall–Kier alpha value is -2.69. The molecule has 0 aliphatic heterocycles. The van der Waals surface area contributed by atoms with E-state index in [4.69, 9.17) is 16.3 Å². The molecule has 0 fully saturated rings. The summed E-state index contributed by atoms with van der Waals surface area (Å²) >= 11 is 7.39. The average Bonchev–Trinajstić information content (AvgIpc) is 3.21. The number of hydrogen-bond donors (Lipinski definition) is 1. The van der Waals surface area contributed by atoms with E-state index in [1.807, 2.05) is 19.1 Å². The Kier molecular flexibility index (Phi) is 7.37. The fourth-order valence-corrected chi connectivity index (χ4v) is 5.22. The van der Waals surface area contributed by atoms with Crippen LogP contribution in [0.4, 0.5) is 10.8 Å². The lowest BCUT2D eigenvalue weighted by Gasteiger charge is -2.30. The quantitative estimate of drug-likeness (QED) is 0.499. The smallest absolute Gasteiger partial charge is 0.250 e. The molecular weight excluding hydrogens is 472 g/mol. The van der Waals surface area contributed by atoms with Crippen LogP contribution in [0.3, 0.4) is 0 Å². The van der Waals surface area contributed by atoms with Gasteiger partial charge in [0.05, 0.1) is 19.1 Å². The molecule has 1 amide bonds. The molecule has 0 radical (unpaired) electrons. The Morgan fingerprint density at radius 1 is 1.22 bits per heavy atom. The third kappa shape index (κ3) is 5.37. The number of benzene rings is 2. The molecule has 0 unspecified atom stereocenters. The molecule has 170 valence electrons. The number of carbonyl (C=O) groups excluding carboxylic acids is 1. The number of aryl methyl sites for hydroxylation is 1. The number of halogens is 1. The Labute approximate surface area is 196 Å². The number of anilines is 2. The maximum Gasteiger partial charge on any atom is 0.250 e. The Balaban J connectivity index is 1.85. The molecule has 2 aromatic carbocycles. The van der Waals surface area contributed by atoms with Crippen molar-refractivity contribution in [3.05, 3.63) is 53.1 Å². The molecule has 0 bridgehead atoms. The van der Waals surface area contributed by atoms with Crippen molar-refractivity contribution in [2.24, 2.45) is 0 Å². The lowest BCUT2D eigenvalue weighted by atomic mass is 10.1.